The van der Waals surface area contributed by atoms with Crippen molar-refractivity contribution in [2.24, 2.45) is 7.05 Å². The van der Waals surface area contributed by atoms with Crippen molar-refractivity contribution in [2.75, 3.05) is 38.6 Å². The highest BCUT2D eigenvalue weighted by Crippen LogP contribution is 2.32. The third-order valence-corrected chi connectivity index (χ3v) is 6.49. The number of carbonyl (C=O) groups is 1. The second-order valence-electron chi connectivity index (χ2n) is 9.22. The summed E-state index contributed by atoms with van der Waals surface area (Å²) in [4.78, 5) is 20.3. The number of pyridine rings is 1. The van der Waals surface area contributed by atoms with Crippen LogP contribution < -0.4 is 10.2 Å². The molecule has 0 spiro atoms. The molecule has 178 valence electrons. The molecular weight excluding hydrogens is 416 g/mol. The Bertz CT molecular complexity index is 1130. The van der Waals surface area contributed by atoms with Crippen LogP contribution in [0.5, 0.6) is 0 Å². The molecule has 1 aliphatic rings. The highest BCUT2D eigenvalue weighted by Gasteiger charge is 2.25. The first kappa shape index (κ1) is 23.2. The van der Waals surface area contributed by atoms with E-state index < -0.39 is 0 Å². The number of nitrogens with one attached hydrogen (secondary N) is 1. The van der Waals surface area contributed by atoms with Gasteiger partial charge < -0.3 is 15.1 Å². The van der Waals surface area contributed by atoms with Crippen LogP contribution in [0.3, 0.4) is 0 Å². The van der Waals surface area contributed by atoms with Gasteiger partial charge in [-0.05, 0) is 39.3 Å². The normalized spacial score (nSPS) is 13.5. The molecule has 0 aromatic carbocycles. The Hall–Kier alpha value is -2.94. The van der Waals surface area contributed by atoms with Gasteiger partial charge >= 0.3 is 0 Å². The molecule has 33 heavy (non-hydrogen) atoms. The fourth-order valence-corrected chi connectivity index (χ4v) is 4.58. The molecule has 9 nitrogen and oxygen atoms in total. The Labute approximate surface area is 195 Å². The minimum absolute atomic E-state index is 0.119. The number of likely N-dealkylation sites (N-methyl/N-ethyl adjacent to an activating group) is 1. The van der Waals surface area contributed by atoms with E-state index in [9.17, 15) is 4.79 Å². The van der Waals surface area contributed by atoms with Crippen molar-refractivity contribution in [1.82, 2.24) is 34.8 Å². The summed E-state index contributed by atoms with van der Waals surface area (Å²) < 4.78 is 4.07. The molecule has 0 atom stereocenters. The van der Waals surface area contributed by atoms with E-state index in [0.717, 1.165) is 74.3 Å². The first-order chi connectivity index (χ1) is 15.8. The Morgan fingerprint density at radius 1 is 1.21 bits per heavy atom. The van der Waals surface area contributed by atoms with Gasteiger partial charge in [0.15, 0.2) is 5.65 Å². The lowest BCUT2D eigenvalue weighted by molar-refractivity contribution is -0.127. The van der Waals surface area contributed by atoms with Gasteiger partial charge in [0, 0.05) is 64.1 Å². The average Bonchev–Trinajstić information content (AvgIpc) is 3.31. The second kappa shape index (κ2) is 9.91. The van der Waals surface area contributed by atoms with Gasteiger partial charge in [0.2, 0.25) is 5.91 Å². The predicted molar refractivity (Wildman–Crippen MR) is 130 cm³/mol. The van der Waals surface area contributed by atoms with Crippen LogP contribution >= 0.6 is 0 Å². The molecule has 4 heterocycles. The van der Waals surface area contributed by atoms with Crippen LogP contribution in [0, 0.1) is 13.8 Å². The van der Waals surface area contributed by atoms with Crippen LogP contribution in [0.1, 0.15) is 41.9 Å². The summed E-state index contributed by atoms with van der Waals surface area (Å²) >= 11 is 0. The van der Waals surface area contributed by atoms with E-state index in [-0.39, 0.29) is 5.91 Å². The van der Waals surface area contributed by atoms with Gasteiger partial charge in [-0.15, -0.1) is 0 Å². The number of rotatable bonds is 9. The maximum Gasteiger partial charge on any atom is 0.236 e. The predicted octanol–water partition coefficient (Wildman–Crippen LogP) is 2.19. The van der Waals surface area contributed by atoms with Crippen LogP contribution in [0.15, 0.2) is 12.3 Å². The summed E-state index contributed by atoms with van der Waals surface area (Å²) in [7, 11) is 5.52. The summed E-state index contributed by atoms with van der Waals surface area (Å²) in [6.45, 7) is 8.25. The fraction of sp³-hybridized carbons (Fsp3) is 0.583. The molecule has 1 amide bonds. The standard InChI is InChI=1S/C24H36N8O/c1-17-13-22(19-14-26-30(5)24(19)27-17)31-12-9-21-20(16-31)18(2)28-32(21)11-8-6-7-10-25-15-23(33)29(3)4/h13-14,25H,6-12,15-16H2,1-5H3. The molecule has 0 unspecified atom stereocenters. The molecule has 0 saturated carbocycles. The van der Waals surface area contributed by atoms with E-state index >= 15 is 0 Å². The molecule has 0 fully saturated rings. The monoisotopic (exact) mass is 452 g/mol. The summed E-state index contributed by atoms with van der Waals surface area (Å²) in [6.07, 6.45) is 6.21. The van der Waals surface area contributed by atoms with E-state index in [2.05, 4.69) is 38.0 Å². The Morgan fingerprint density at radius 2 is 2.03 bits per heavy atom. The van der Waals surface area contributed by atoms with E-state index in [1.165, 1.54) is 16.9 Å². The van der Waals surface area contributed by atoms with E-state index in [0.29, 0.717) is 6.54 Å². The van der Waals surface area contributed by atoms with E-state index in [1.807, 2.05) is 24.9 Å². The fourth-order valence-electron chi connectivity index (χ4n) is 4.58. The van der Waals surface area contributed by atoms with Gasteiger partial charge in [0.25, 0.3) is 0 Å². The maximum absolute atomic E-state index is 11.6. The van der Waals surface area contributed by atoms with Crippen molar-refractivity contribution in [3.8, 4) is 0 Å². The third kappa shape index (κ3) is 5.03. The zero-order valence-corrected chi connectivity index (χ0v) is 20.6. The zero-order valence-electron chi connectivity index (χ0n) is 20.6. The van der Waals surface area contributed by atoms with Gasteiger partial charge in [0.05, 0.1) is 29.5 Å². The van der Waals surface area contributed by atoms with Gasteiger partial charge in [-0.1, -0.05) is 6.42 Å². The maximum atomic E-state index is 11.6. The molecular formula is C24H36N8O. The quantitative estimate of drug-likeness (QED) is 0.501. The minimum atomic E-state index is 0.119. The van der Waals surface area contributed by atoms with Crippen molar-refractivity contribution in [3.63, 3.8) is 0 Å². The molecule has 0 radical (unpaired) electrons. The number of amides is 1. The largest absolute Gasteiger partial charge is 0.366 e. The van der Waals surface area contributed by atoms with Crippen LogP contribution in [0.2, 0.25) is 0 Å². The van der Waals surface area contributed by atoms with Gasteiger partial charge in [-0.25, -0.2) is 4.98 Å². The highest BCUT2D eigenvalue weighted by molar-refractivity contribution is 5.89. The lowest BCUT2D eigenvalue weighted by Crippen LogP contribution is -2.33. The molecule has 0 saturated heterocycles. The molecule has 1 N–H and O–H groups in total. The lowest BCUT2D eigenvalue weighted by Gasteiger charge is -2.30. The van der Waals surface area contributed by atoms with Crippen LogP contribution in [-0.2, 0) is 31.4 Å². The molecule has 3 aromatic heterocycles. The van der Waals surface area contributed by atoms with Gasteiger partial charge in [-0.3, -0.25) is 14.2 Å². The second-order valence-corrected chi connectivity index (χ2v) is 9.22. The molecule has 0 aliphatic carbocycles. The number of carbonyl (C=O) groups excluding carboxylic acids is 1. The molecule has 9 heteroatoms. The minimum Gasteiger partial charge on any atom is -0.366 e. The Morgan fingerprint density at radius 3 is 2.82 bits per heavy atom. The lowest BCUT2D eigenvalue weighted by atomic mass is 10.0. The number of anilines is 1. The van der Waals surface area contributed by atoms with Crippen molar-refractivity contribution >= 4 is 22.6 Å². The number of unbranched alkanes of at least 4 members (excludes halogenated alkanes) is 2. The summed E-state index contributed by atoms with van der Waals surface area (Å²) in [5.41, 5.74) is 7.03. The van der Waals surface area contributed by atoms with Gasteiger partial charge in [0.1, 0.15) is 0 Å². The number of nitrogens with zero attached hydrogens (tertiary/aromatic N) is 7. The Balaban J connectivity index is 1.34. The van der Waals surface area contributed by atoms with Crippen LogP contribution in [0.4, 0.5) is 5.69 Å². The zero-order chi connectivity index (χ0) is 23.5. The number of fused-ring (bicyclic) bond motifs is 2. The summed E-state index contributed by atoms with van der Waals surface area (Å²) in [6, 6.07) is 2.18. The van der Waals surface area contributed by atoms with Crippen molar-refractivity contribution < 1.29 is 4.79 Å². The topological polar surface area (TPSA) is 84.1 Å². The number of hydrogen-bond acceptors (Lipinski definition) is 6. The highest BCUT2D eigenvalue weighted by atomic mass is 16.2. The Kier molecular flexibility index (Phi) is 6.97. The number of aromatic nitrogens is 5. The summed E-state index contributed by atoms with van der Waals surface area (Å²) in [5.74, 6) is 0.119. The number of aryl methyl sites for hydroxylation is 4. The van der Waals surface area contributed by atoms with E-state index in [1.54, 1.807) is 19.0 Å². The molecule has 4 rings (SSSR count). The molecule has 0 bridgehead atoms. The first-order valence-corrected chi connectivity index (χ1v) is 11.9. The molecule has 1 aliphatic heterocycles. The van der Waals surface area contributed by atoms with Crippen LogP contribution in [0.25, 0.3) is 11.0 Å². The molecule has 3 aromatic rings. The first-order valence-electron chi connectivity index (χ1n) is 11.9. The van der Waals surface area contributed by atoms with Crippen molar-refractivity contribution in [2.45, 2.75) is 52.6 Å². The van der Waals surface area contributed by atoms with Crippen LogP contribution in [-0.4, -0.2) is 69.1 Å². The summed E-state index contributed by atoms with van der Waals surface area (Å²) in [5, 5.41) is 13.6. The van der Waals surface area contributed by atoms with E-state index in [4.69, 9.17) is 5.10 Å². The van der Waals surface area contributed by atoms with Gasteiger partial charge in [-0.2, -0.15) is 10.2 Å². The van der Waals surface area contributed by atoms with Crippen molar-refractivity contribution in [3.05, 3.63) is 34.9 Å². The average molecular weight is 453 g/mol. The smallest absolute Gasteiger partial charge is 0.236 e. The number of hydrogen-bond donors (Lipinski definition) is 1. The van der Waals surface area contributed by atoms with Crippen molar-refractivity contribution in [1.29, 1.82) is 0 Å². The SMILES string of the molecule is Cc1cc(N2CCc3c(c(C)nn3CCCCCNCC(=O)N(C)C)C2)c2cnn(C)c2n1. The third-order valence-electron chi connectivity index (χ3n) is 6.49.